The lowest BCUT2D eigenvalue weighted by atomic mass is 9.99. The molecule has 2 aliphatic rings. The monoisotopic (exact) mass is 522 g/mol. The number of nitrogens with one attached hydrogen (secondary N) is 1. The molecule has 2 aromatic carbocycles. The molecule has 1 N–H and O–H groups in total. The summed E-state index contributed by atoms with van der Waals surface area (Å²) in [7, 11) is 1.61. The molecule has 1 saturated heterocycles. The Labute approximate surface area is 226 Å². The van der Waals surface area contributed by atoms with Gasteiger partial charge in [-0.25, -0.2) is 0 Å². The van der Waals surface area contributed by atoms with Gasteiger partial charge >= 0.3 is 0 Å². The number of hydrogen-bond donors (Lipinski definition) is 1. The Morgan fingerprint density at radius 3 is 2.53 bits per heavy atom. The first kappa shape index (κ1) is 28.0. The van der Waals surface area contributed by atoms with E-state index in [1.807, 2.05) is 24.3 Å². The average molecular weight is 523 g/mol. The summed E-state index contributed by atoms with van der Waals surface area (Å²) in [6.07, 6.45) is 7.83. The lowest BCUT2D eigenvalue weighted by molar-refractivity contribution is -0.122. The Bertz CT molecular complexity index is 1050. The van der Waals surface area contributed by atoms with Gasteiger partial charge < -0.3 is 19.5 Å². The average Bonchev–Trinajstić information content (AvgIpc) is 2.94. The van der Waals surface area contributed by atoms with Crippen molar-refractivity contribution in [1.82, 2.24) is 10.2 Å². The minimum atomic E-state index is 0.0299. The van der Waals surface area contributed by atoms with Crippen molar-refractivity contribution >= 4 is 11.7 Å². The summed E-state index contributed by atoms with van der Waals surface area (Å²) in [5.74, 6) is 2.53. The predicted octanol–water partition coefficient (Wildman–Crippen LogP) is 5.20. The topological polar surface area (TPSA) is 77.1 Å². The molecule has 4 rings (SSSR count). The molecule has 0 saturated carbocycles. The van der Waals surface area contributed by atoms with Crippen molar-refractivity contribution in [3.05, 3.63) is 53.6 Å². The first-order chi connectivity index (χ1) is 18.5. The van der Waals surface area contributed by atoms with Crippen LogP contribution in [0.25, 0.3) is 0 Å². The van der Waals surface area contributed by atoms with Crippen molar-refractivity contribution in [3.63, 3.8) is 0 Å². The van der Waals surface area contributed by atoms with Gasteiger partial charge in [-0.1, -0.05) is 18.9 Å². The minimum absolute atomic E-state index is 0.0299. The first-order valence-corrected chi connectivity index (χ1v) is 14.1. The van der Waals surface area contributed by atoms with E-state index >= 15 is 0 Å². The molecule has 0 radical (unpaired) electrons. The standard InChI is InChI=1S/C31H42N2O5/c1-23-8-6-7-17-33(23)22-26(20-24-11-16-29-30(21-24)38-19-18-37-29)32-31(35)10-5-3-4-9-28(34)25-12-14-27(36-2)15-13-25/h11-16,21,23,26H,3-10,17-20,22H2,1-2H3,(H,32,35)/t23?,26-/m0/s1. The molecule has 38 heavy (non-hydrogen) atoms. The van der Waals surface area contributed by atoms with Gasteiger partial charge in [-0.05, 0) is 87.5 Å². The third kappa shape index (κ3) is 8.22. The molecule has 206 valence electrons. The molecule has 2 atom stereocenters. The van der Waals surface area contributed by atoms with E-state index in [4.69, 9.17) is 14.2 Å². The number of likely N-dealkylation sites (tertiary alicyclic amines) is 1. The molecule has 1 amide bonds. The maximum atomic E-state index is 12.9. The summed E-state index contributed by atoms with van der Waals surface area (Å²) < 4.78 is 16.6. The highest BCUT2D eigenvalue weighted by Gasteiger charge is 2.24. The van der Waals surface area contributed by atoms with Gasteiger partial charge in [0.15, 0.2) is 17.3 Å². The summed E-state index contributed by atoms with van der Waals surface area (Å²) in [5.41, 5.74) is 1.85. The number of nitrogens with zero attached hydrogens (tertiary/aromatic N) is 1. The second-order valence-corrected chi connectivity index (χ2v) is 10.5. The third-order valence-electron chi connectivity index (χ3n) is 7.57. The van der Waals surface area contributed by atoms with Crippen LogP contribution in [0.4, 0.5) is 0 Å². The Morgan fingerprint density at radius 2 is 1.76 bits per heavy atom. The maximum absolute atomic E-state index is 12.9. The second kappa shape index (κ2) is 14.2. The Balaban J connectivity index is 1.25. The smallest absolute Gasteiger partial charge is 0.220 e. The van der Waals surface area contributed by atoms with Crippen LogP contribution in [0, 0.1) is 0 Å². The first-order valence-electron chi connectivity index (χ1n) is 14.1. The number of methoxy groups -OCH3 is 1. The van der Waals surface area contributed by atoms with Gasteiger partial charge in [0.2, 0.25) is 5.91 Å². The number of amides is 1. The summed E-state index contributed by atoms with van der Waals surface area (Å²) >= 11 is 0. The van der Waals surface area contributed by atoms with Crippen LogP contribution in [0.15, 0.2) is 42.5 Å². The molecule has 7 nitrogen and oxygen atoms in total. The van der Waals surface area contributed by atoms with Crippen LogP contribution in [0.3, 0.4) is 0 Å². The van der Waals surface area contributed by atoms with Gasteiger partial charge in [-0.3, -0.25) is 14.5 Å². The molecule has 2 aromatic rings. The van der Waals surface area contributed by atoms with Crippen LogP contribution in [0.1, 0.15) is 74.2 Å². The number of carbonyl (C=O) groups is 2. The van der Waals surface area contributed by atoms with E-state index in [0.717, 1.165) is 61.6 Å². The van der Waals surface area contributed by atoms with Crippen molar-refractivity contribution in [3.8, 4) is 17.2 Å². The largest absolute Gasteiger partial charge is 0.497 e. The van der Waals surface area contributed by atoms with Crippen LogP contribution in [0.2, 0.25) is 0 Å². The molecule has 7 heteroatoms. The number of carbonyl (C=O) groups excluding carboxylic acids is 2. The van der Waals surface area contributed by atoms with Crippen LogP contribution in [0.5, 0.6) is 17.2 Å². The highest BCUT2D eigenvalue weighted by atomic mass is 16.6. The second-order valence-electron chi connectivity index (χ2n) is 10.5. The number of hydrogen-bond acceptors (Lipinski definition) is 6. The quantitative estimate of drug-likeness (QED) is 0.288. The zero-order valence-corrected chi connectivity index (χ0v) is 22.9. The summed E-state index contributed by atoms with van der Waals surface area (Å²) in [6.45, 7) is 5.35. The Hall–Kier alpha value is -3.06. The van der Waals surface area contributed by atoms with Crippen LogP contribution in [-0.4, -0.2) is 62.1 Å². The fourth-order valence-electron chi connectivity index (χ4n) is 5.34. The Morgan fingerprint density at radius 1 is 1.00 bits per heavy atom. The Kier molecular flexibility index (Phi) is 10.4. The lowest BCUT2D eigenvalue weighted by Gasteiger charge is -2.36. The van der Waals surface area contributed by atoms with E-state index in [9.17, 15) is 9.59 Å². The van der Waals surface area contributed by atoms with Crippen LogP contribution < -0.4 is 19.5 Å². The summed E-state index contributed by atoms with van der Waals surface area (Å²) in [5, 5.41) is 3.32. The summed E-state index contributed by atoms with van der Waals surface area (Å²) in [6, 6.07) is 13.9. The molecule has 0 bridgehead atoms. The SMILES string of the molecule is COc1ccc(C(=O)CCCCCC(=O)N[C@@H](Cc2ccc3c(c2)OCCO3)CN2CCCCC2C)cc1. The molecule has 0 aliphatic carbocycles. The molecule has 0 spiro atoms. The molecule has 2 heterocycles. The lowest BCUT2D eigenvalue weighted by Crippen LogP contribution is -2.49. The molecule has 2 aliphatic heterocycles. The number of fused-ring (bicyclic) bond motifs is 1. The van der Waals surface area contributed by atoms with E-state index in [1.54, 1.807) is 19.2 Å². The predicted molar refractivity (Wildman–Crippen MR) is 148 cm³/mol. The summed E-state index contributed by atoms with van der Waals surface area (Å²) in [4.78, 5) is 27.9. The van der Waals surface area contributed by atoms with E-state index in [2.05, 4.69) is 23.2 Å². The van der Waals surface area contributed by atoms with Crippen molar-refractivity contribution in [2.75, 3.05) is 33.4 Å². The van der Waals surface area contributed by atoms with E-state index in [0.29, 0.717) is 37.7 Å². The zero-order valence-electron chi connectivity index (χ0n) is 22.9. The van der Waals surface area contributed by atoms with E-state index in [1.165, 1.54) is 19.3 Å². The molecular weight excluding hydrogens is 480 g/mol. The van der Waals surface area contributed by atoms with E-state index in [-0.39, 0.29) is 17.7 Å². The van der Waals surface area contributed by atoms with Crippen molar-refractivity contribution in [2.24, 2.45) is 0 Å². The van der Waals surface area contributed by atoms with Gasteiger partial charge in [0, 0.05) is 37.0 Å². The van der Waals surface area contributed by atoms with Gasteiger partial charge in [-0.15, -0.1) is 0 Å². The minimum Gasteiger partial charge on any atom is -0.497 e. The van der Waals surface area contributed by atoms with Gasteiger partial charge in [-0.2, -0.15) is 0 Å². The number of benzene rings is 2. The van der Waals surface area contributed by atoms with Gasteiger partial charge in [0.1, 0.15) is 19.0 Å². The third-order valence-corrected chi connectivity index (χ3v) is 7.57. The van der Waals surface area contributed by atoms with Crippen LogP contribution in [-0.2, 0) is 11.2 Å². The molecule has 1 fully saturated rings. The maximum Gasteiger partial charge on any atom is 0.220 e. The zero-order chi connectivity index (χ0) is 26.7. The number of rotatable bonds is 13. The van der Waals surface area contributed by atoms with Crippen molar-refractivity contribution in [1.29, 1.82) is 0 Å². The van der Waals surface area contributed by atoms with Gasteiger partial charge in [0.05, 0.1) is 7.11 Å². The van der Waals surface area contributed by atoms with E-state index < -0.39 is 0 Å². The van der Waals surface area contributed by atoms with Crippen molar-refractivity contribution in [2.45, 2.75) is 76.8 Å². The highest BCUT2D eigenvalue weighted by Crippen LogP contribution is 2.31. The van der Waals surface area contributed by atoms with Gasteiger partial charge in [0.25, 0.3) is 0 Å². The van der Waals surface area contributed by atoms with Crippen LogP contribution >= 0.6 is 0 Å². The number of unbranched alkanes of at least 4 members (excludes halogenated alkanes) is 2. The normalized spacial score (nSPS) is 18.0. The fraction of sp³-hybridized carbons (Fsp3) is 0.548. The molecule has 1 unspecified atom stereocenters. The van der Waals surface area contributed by atoms with Crippen molar-refractivity contribution < 1.29 is 23.8 Å². The molecule has 0 aromatic heterocycles. The number of ether oxygens (including phenoxy) is 3. The number of Topliss-reactive ketones (excluding diaryl/α,β-unsaturated/α-hetero) is 1. The number of ketones is 1. The molecular formula is C31H42N2O5. The fourth-order valence-corrected chi connectivity index (χ4v) is 5.34. The highest BCUT2D eigenvalue weighted by molar-refractivity contribution is 5.96. The number of piperidine rings is 1.